The van der Waals surface area contributed by atoms with E-state index in [0.29, 0.717) is 24.2 Å². The Morgan fingerprint density at radius 3 is 2.71 bits per heavy atom. The first kappa shape index (κ1) is 20.7. The van der Waals surface area contributed by atoms with E-state index in [9.17, 15) is 28.9 Å². The number of nitrogens with zero attached hydrogens (tertiary/aromatic N) is 3. The molecule has 0 aliphatic carbocycles. The van der Waals surface area contributed by atoms with Crippen molar-refractivity contribution in [1.29, 1.82) is 0 Å². The number of rotatable bonds is 3. The van der Waals surface area contributed by atoms with E-state index in [-0.39, 0.29) is 17.1 Å². The summed E-state index contributed by atoms with van der Waals surface area (Å²) in [4.78, 5) is 54.8. The van der Waals surface area contributed by atoms with Crippen LogP contribution in [0.15, 0.2) is 36.4 Å². The molecule has 10 nitrogen and oxygen atoms in total. The van der Waals surface area contributed by atoms with Crippen LogP contribution in [0.25, 0.3) is 0 Å². The maximum absolute atomic E-state index is 14.3. The second-order valence-corrected chi connectivity index (χ2v) is 8.94. The van der Waals surface area contributed by atoms with E-state index < -0.39 is 51.9 Å². The van der Waals surface area contributed by atoms with Crippen molar-refractivity contribution in [2.24, 2.45) is 11.8 Å². The molecule has 1 N–H and O–H groups in total. The maximum atomic E-state index is 14.3. The van der Waals surface area contributed by atoms with Gasteiger partial charge in [-0.1, -0.05) is 0 Å². The lowest BCUT2D eigenvalue weighted by molar-refractivity contribution is -0.384. The zero-order chi connectivity index (χ0) is 23.9. The van der Waals surface area contributed by atoms with Gasteiger partial charge in [0, 0.05) is 29.4 Å². The number of methoxy groups -OCH3 is 1. The zero-order valence-electron chi connectivity index (χ0n) is 18.0. The van der Waals surface area contributed by atoms with Gasteiger partial charge in [0.25, 0.3) is 5.69 Å². The SMILES string of the molecule is COc1ccc([N+](=O)[O-])cc1N1C(=O)[C@H]2[C@H]3CCCN3[C@]3(C(=O)Nc4ccc(F)cc43)[C@@H]2C1=O. The first-order valence-electron chi connectivity index (χ1n) is 10.9. The first-order chi connectivity index (χ1) is 16.3. The number of benzene rings is 2. The van der Waals surface area contributed by atoms with E-state index in [2.05, 4.69) is 5.32 Å². The van der Waals surface area contributed by atoms with E-state index in [1.54, 1.807) is 0 Å². The summed E-state index contributed by atoms with van der Waals surface area (Å²) in [5, 5.41) is 14.1. The normalized spacial score (nSPS) is 29.4. The minimum absolute atomic E-state index is 0.0429. The monoisotopic (exact) mass is 466 g/mol. The fraction of sp³-hybridized carbons (Fsp3) is 0.348. The van der Waals surface area contributed by atoms with Gasteiger partial charge in [-0.15, -0.1) is 0 Å². The minimum atomic E-state index is -1.53. The van der Waals surface area contributed by atoms with Gasteiger partial charge in [0.1, 0.15) is 22.8 Å². The molecule has 0 radical (unpaired) electrons. The molecule has 0 unspecified atom stereocenters. The van der Waals surface area contributed by atoms with Crippen molar-refractivity contribution in [2.45, 2.75) is 24.4 Å². The van der Waals surface area contributed by atoms with Crippen LogP contribution >= 0.6 is 0 Å². The van der Waals surface area contributed by atoms with Gasteiger partial charge >= 0.3 is 0 Å². The summed E-state index contributed by atoms with van der Waals surface area (Å²) in [5.41, 5.74) is -1.13. The maximum Gasteiger partial charge on any atom is 0.271 e. The average molecular weight is 466 g/mol. The third-order valence-corrected chi connectivity index (χ3v) is 7.57. The molecule has 3 amide bonds. The van der Waals surface area contributed by atoms with Gasteiger partial charge < -0.3 is 10.1 Å². The Balaban J connectivity index is 1.56. The Hall–Kier alpha value is -3.86. The van der Waals surface area contributed by atoms with Crippen molar-refractivity contribution in [3.05, 3.63) is 57.9 Å². The fourth-order valence-electron chi connectivity index (χ4n) is 6.38. The molecule has 174 valence electrons. The summed E-state index contributed by atoms with van der Waals surface area (Å²) in [7, 11) is 1.33. The van der Waals surface area contributed by atoms with E-state index in [1.165, 1.54) is 37.4 Å². The van der Waals surface area contributed by atoms with Crippen LogP contribution in [0.1, 0.15) is 18.4 Å². The second-order valence-electron chi connectivity index (χ2n) is 8.94. The van der Waals surface area contributed by atoms with Gasteiger partial charge in [0.05, 0.1) is 23.9 Å². The number of amides is 3. The molecule has 0 saturated carbocycles. The molecule has 6 rings (SSSR count). The van der Waals surface area contributed by atoms with Crippen LogP contribution in [0.3, 0.4) is 0 Å². The fourth-order valence-corrected chi connectivity index (χ4v) is 6.38. The standard InChI is InChI=1S/C23H19FN4O6/c1-34-17-7-5-12(28(32)33)10-16(17)27-20(29)18-15-3-2-8-26(15)23(19(18)21(27)30)13-9-11(24)4-6-14(13)25-22(23)31/h4-7,9-10,15,18-19H,2-3,8H2,1H3,(H,25,31)/t15-,18+,19+,23+/m1/s1. The number of ether oxygens (including phenoxy) is 1. The molecule has 3 fully saturated rings. The van der Waals surface area contributed by atoms with E-state index in [0.717, 1.165) is 17.4 Å². The number of nitro groups is 1. The molecule has 0 aromatic heterocycles. The van der Waals surface area contributed by atoms with Crippen molar-refractivity contribution < 1.29 is 28.4 Å². The second kappa shape index (κ2) is 6.83. The van der Waals surface area contributed by atoms with Gasteiger partial charge in [0.2, 0.25) is 17.7 Å². The molecule has 4 aliphatic heterocycles. The number of carbonyl (C=O) groups is 3. The molecule has 1 spiro atoms. The smallest absolute Gasteiger partial charge is 0.271 e. The van der Waals surface area contributed by atoms with Crippen LogP contribution in [0.2, 0.25) is 0 Å². The van der Waals surface area contributed by atoms with Crippen molar-refractivity contribution in [3.8, 4) is 5.75 Å². The van der Waals surface area contributed by atoms with Crippen LogP contribution < -0.4 is 15.0 Å². The number of fused-ring (bicyclic) bond motifs is 7. The number of carbonyl (C=O) groups excluding carboxylic acids is 3. The summed E-state index contributed by atoms with van der Waals surface area (Å²) in [6.07, 6.45) is 1.31. The number of nitrogens with one attached hydrogen (secondary N) is 1. The third kappa shape index (κ3) is 2.34. The highest BCUT2D eigenvalue weighted by atomic mass is 19.1. The number of halogens is 1. The number of nitro benzene ring substituents is 1. The summed E-state index contributed by atoms with van der Waals surface area (Å²) in [6, 6.07) is 7.21. The Morgan fingerprint density at radius 2 is 1.97 bits per heavy atom. The van der Waals surface area contributed by atoms with Gasteiger partial charge in [-0.2, -0.15) is 0 Å². The summed E-state index contributed by atoms with van der Waals surface area (Å²) >= 11 is 0. The van der Waals surface area contributed by atoms with Crippen LogP contribution in [-0.2, 0) is 19.9 Å². The lowest BCUT2D eigenvalue weighted by Gasteiger charge is -2.36. The lowest BCUT2D eigenvalue weighted by Crippen LogP contribution is -2.54. The summed E-state index contributed by atoms with van der Waals surface area (Å²) in [5.74, 6) is -4.05. The molecule has 4 heterocycles. The molecular weight excluding hydrogens is 447 g/mol. The molecule has 34 heavy (non-hydrogen) atoms. The predicted molar refractivity (Wildman–Crippen MR) is 116 cm³/mol. The van der Waals surface area contributed by atoms with Crippen molar-refractivity contribution in [3.63, 3.8) is 0 Å². The minimum Gasteiger partial charge on any atom is -0.495 e. The van der Waals surface area contributed by atoms with Crippen LogP contribution in [0, 0.1) is 27.8 Å². The molecule has 4 atom stereocenters. The number of hydrogen-bond donors (Lipinski definition) is 1. The number of non-ortho nitro benzene ring substituents is 1. The van der Waals surface area contributed by atoms with E-state index in [4.69, 9.17) is 4.74 Å². The quantitative estimate of drug-likeness (QED) is 0.418. The summed E-state index contributed by atoms with van der Waals surface area (Å²) in [6.45, 7) is 0.488. The van der Waals surface area contributed by atoms with Gasteiger partial charge in [-0.3, -0.25) is 29.4 Å². The highest BCUT2D eigenvalue weighted by molar-refractivity contribution is 6.26. The zero-order valence-corrected chi connectivity index (χ0v) is 18.0. The number of anilines is 2. The average Bonchev–Trinajstić information content (AvgIpc) is 3.52. The Labute approximate surface area is 192 Å². The largest absolute Gasteiger partial charge is 0.495 e. The number of imide groups is 1. The third-order valence-electron chi connectivity index (χ3n) is 7.57. The molecule has 11 heteroatoms. The van der Waals surface area contributed by atoms with E-state index >= 15 is 0 Å². The highest BCUT2D eigenvalue weighted by Crippen LogP contribution is 2.61. The van der Waals surface area contributed by atoms with Crippen LogP contribution in [0.5, 0.6) is 5.75 Å². The highest BCUT2D eigenvalue weighted by Gasteiger charge is 2.74. The van der Waals surface area contributed by atoms with Gasteiger partial charge in [0.15, 0.2) is 0 Å². The van der Waals surface area contributed by atoms with Crippen LogP contribution in [0.4, 0.5) is 21.5 Å². The molecule has 2 aromatic carbocycles. The predicted octanol–water partition coefficient (Wildman–Crippen LogP) is 2.17. The van der Waals surface area contributed by atoms with Gasteiger partial charge in [-0.25, -0.2) is 9.29 Å². The molecular formula is C23H19FN4O6. The summed E-state index contributed by atoms with van der Waals surface area (Å²) < 4.78 is 19.6. The van der Waals surface area contributed by atoms with Crippen LogP contribution in [-0.4, -0.2) is 47.2 Å². The topological polar surface area (TPSA) is 122 Å². The molecule has 2 aromatic rings. The van der Waals surface area contributed by atoms with E-state index in [1.807, 2.05) is 4.90 Å². The Kier molecular flexibility index (Phi) is 4.16. The van der Waals surface area contributed by atoms with Gasteiger partial charge in [-0.05, 0) is 43.7 Å². The molecule has 4 aliphatic rings. The molecule has 3 saturated heterocycles. The van der Waals surface area contributed by atoms with Crippen molar-refractivity contribution in [1.82, 2.24) is 4.90 Å². The Morgan fingerprint density at radius 1 is 1.18 bits per heavy atom. The first-order valence-corrected chi connectivity index (χ1v) is 10.9. The lowest BCUT2D eigenvalue weighted by atomic mass is 9.75. The Bertz CT molecular complexity index is 1310. The number of hydrogen-bond acceptors (Lipinski definition) is 7. The molecule has 0 bridgehead atoms. The van der Waals surface area contributed by atoms with Crippen molar-refractivity contribution in [2.75, 3.05) is 23.9 Å². The van der Waals surface area contributed by atoms with Crippen molar-refractivity contribution >= 4 is 34.8 Å².